The van der Waals surface area contributed by atoms with E-state index in [2.05, 4.69) is 4.72 Å². The van der Waals surface area contributed by atoms with Crippen molar-refractivity contribution < 1.29 is 17.6 Å². The average Bonchev–Trinajstić information content (AvgIpc) is 3.12. The molecular weight excluding hydrogens is 400 g/mol. The first kappa shape index (κ1) is 21.6. The van der Waals surface area contributed by atoms with Crippen molar-refractivity contribution >= 4 is 21.6 Å². The van der Waals surface area contributed by atoms with E-state index in [1.165, 1.54) is 24.3 Å². The van der Waals surface area contributed by atoms with Gasteiger partial charge in [-0.2, -0.15) is 0 Å². The molecule has 0 bridgehead atoms. The molecule has 3 rings (SSSR count). The maximum Gasteiger partial charge on any atom is 0.261 e. The van der Waals surface area contributed by atoms with Crippen molar-refractivity contribution in [2.24, 2.45) is 0 Å². The van der Waals surface area contributed by atoms with Gasteiger partial charge in [0.25, 0.3) is 15.9 Å². The van der Waals surface area contributed by atoms with Gasteiger partial charge in [-0.05, 0) is 76.2 Å². The fraction of sp³-hybridized carbons (Fsp3) is 0.261. The number of carbonyl (C=O) groups is 1. The molecule has 0 saturated heterocycles. The van der Waals surface area contributed by atoms with Crippen LogP contribution in [0, 0.1) is 13.8 Å². The minimum atomic E-state index is -3.74. The number of sulfonamides is 1. The predicted octanol–water partition coefficient (Wildman–Crippen LogP) is 4.75. The number of carbonyl (C=O) groups excluding carboxylic acids is 1. The lowest BCUT2D eigenvalue weighted by Gasteiger charge is -2.26. The Labute approximate surface area is 177 Å². The molecule has 2 aromatic carbocycles. The third-order valence-electron chi connectivity index (χ3n) is 4.72. The number of hydrogen-bond acceptors (Lipinski definition) is 4. The Morgan fingerprint density at radius 2 is 1.60 bits per heavy atom. The van der Waals surface area contributed by atoms with E-state index >= 15 is 0 Å². The number of nitrogens with one attached hydrogen (secondary N) is 1. The van der Waals surface area contributed by atoms with Crippen LogP contribution in [0.25, 0.3) is 0 Å². The SMILES string of the molecule is Cc1ccc(NS(=O)(=O)c2ccc(C(=O)N(Cc3ccc(C)o3)C(C)C)cc2)cc1. The second-order valence-corrected chi connectivity index (χ2v) is 9.22. The molecule has 158 valence electrons. The van der Waals surface area contributed by atoms with E-state index in [0.29, 0.717) is 23.6 Å². The quantitative estimate of drug-likeness (QED) is 0.591. The highest BCUT2D eigenvalue weighted by molar-refractivity contribution is 7.92. The lowest BCUT2D eigenvalue weighted by molar-refractivity contribution is 0.0675. The third kappa shape index (κ3) is 5.10. The van der Waals surface area contributed by atoms with Gasteiger partial charge in [0.15, 0.2) is 0 Å². The van der Waals surface area contributed by atoms with Crippen LogP contribution >= 0.6 is 0 Å². The summed E-state index contributed by atoms with van der Waals surface area (Å²) in [5.74, 6) is 1.31. The van der Waals surface area contributed by atoms with Gasteiger partial charge in [0.2, 0.25) is 0 Å². The zero-order valence-corrected chi connectivity index (χ0v) is 18.4. The van der Waals surface area contributed by atoms with Crippen LogP contribution < -0.4 is 4.72 Å². The molecule has 3 aromatic rings. The largest absolute Gasteiger partial charge is 0.464 e. The number of anilines is 1. The van der Waals surface area contributed by atoms with Crippen molar-refractivity contribution in [3.63, 3.8) is 0 Å². The summed E-state index contributed by atoms with van der Waals surface area (Å²) in [4.78, 5) is 14.8. The minimum Gasteiger partial charge on any atom is -0.464 e. The minimum absolute atomic E-state index is 0.0467. The summed E-state index contributed by atoms with van der Waals surface area (Å²) in [5, 5.41) is 0. The third-order valence-corrected chi connectivity index (χ3v) is 6.12. The molecule has 0 aliphatic carbocycles. The van der Waals surface area contributed by atoms with Crippen molar-refractivity contribution in [3.8, 4) is 0 Å². The monoisotopic (exact) mass is 426 g/mol. The molecule has 0 radical (unpaired) electrons. The maximum atomic E-state index is 13.0. The van der Waals surface area contributed by atoms with Crippen LogP contribution in [0.15, 0.2) is 70.0 Å². The van der Waals surface area contributed by atoms with Gasteiger partial charge in [-0.25, -0.2) is 8.42 Å². The number of nitrogens with zero attached hydrogens (tertiary/aromatic N) is 1. The Balaban J connectivity index is 1.77. The van der Waals surface area contributed by atoms with Gasteiger partial charge in [0.1, 0.15) is 11.5 Å². The smallest absolute Gasteiger partial charge is 0.261 e. The Kier molecular flexibility index (Phi) is 6.31. The molecule has 0 fully saturated rings. The highest BCUT2D eigenvalue weighted by Gasteiger charge is 2.22. The van der Waals surface area contributed by atoms with Gasteiger partial charge < -0.3 is 9.32 Å². The molecule has 7 heteroatoms. The number of rotatable bonds is 7. The first-order valence-corrected chi connectivity index (χ1v) is 11.2. The number of aryl methyl sites for hydroxylation is 2. The van der Waals surface area contributed by atoms with E-state index in [1.807, 2.05) is 52.0 Å². The van der Waals surface area contributed by atoms with Crippen LogP contribution in [0.3, 0.4) is 0 Å². The van der Waals surface area contributed by atoms with Crippen LogP contribution in [-0.4, -0.2) is 25.3 Å². The van der Waals surface area contributed by atoms with Gasteiger partial charge in [-0.1, -0.05) is 17.7 Å². The molecule has 1 amide bonds. The summed E-state index contributed by atoms with van der Waals surface area (Å²) in [6.07, 6.45) is 0. The van der Waals surface area contributed by atoms with Gasteiger partial charge in [-0.3, -0.25) is 9.52 Å². The molecule has 0 aliphatic rings. The molecule has 0 saturated carbocycles. The van der Waals surface area contributed by atoms with E-state index in [-0.39, 0.29) is 16.8 Å². The van der Waals surface area contributed by atoms with E-state index in [9.17, 15) is 13.2 Å². The summed E-state index contributed by atoms with van der Waals surface area (Å²) in [6.45, 7) is 7.99. The topological polar surface area (TPSA) is 79.6 Å². The number of amides is 1. The summed E-state index contributed by atoms with van der Waals surface area (Å²) in [5.41, 5.74) is 1.95. The van der Waals surface area contributed by atoms with Gasteiger partial charge in [-0.15, -0.1) is 0 Å². The van der Waals surface area contributed by atoms with Crippen LogP contribution in [0.5, 0.6) is 0 Å². The number of furan rings is 1. The lowest BCUT2D eigenvalue weighted by Crippen LogP contribution is -2.36. The molecule has 0 aliphatic heterocycles. The Morgan fingerprint density at radius 1 is 0.967 bits per heavy atom. The van der Waals surface area contributed by atoms with Crippen molar-refractivity contribution in [1.29, 1.82) is 0 Å². The zero-order chi connectivity index (χ0) is 21.9. The normalized spacial score (nSPS) is 11.5. The molecule has 30 heavy (non-hydrogen) atoms. The number of benzene rings is 2. The second-order valence-electron chi connectivity index (χ2n) is 7.54. The van der Waals surface area contributed by atoms with E-state index in [1.54, 1.807) is 17.0 Å². The van der Waals surface area contributed by atoms with Crippen LogP contribution in [0.2, 0.25) is 0 Å². The Hall–Kier alpha value is -3.06. The van der Waals surface area contributed by atoms with Gasteiger partial charge in [0, 0.05) is 17.3 Å². The second kappa shape index (κ2) is 8.75. The molecule has 1 N–H and O–H groups in total. The number of hydrogen-bond donors (Lipinski definition) is 1. The standard InChI is InChI=1S/C23H26N2O4S/c1-16(2)25(15-21-12-7-18(4)29-21)23(26)19-8-13-22(14-9-19)30(27,28)24-20-10-5-17(3)6-11-20/h5-14,16,24H,15H2,1-4H3. The fourth-order valence-corrected chi connectivity index (χ4v) is 4.06. The molecule has 0 unspecified atom stereocenters. The van der Waals surface area contributed by atoms with Crippen molar-refractivity contribution in [2.75, 3.05) is 4.72 Å². The molecule has 1 aromatic heterocycles. The van der Waals surface area contributed by atoms with E-state index in [4.69, 9.17) is 4.42 Å². The summed E-state index contributed by atoms with van der Waals surface area (Å²) >= 11 is 0. The van der Waals surface area contributed by atoms with Crippen molar-refractivity contribution in [2.45, 2.75) is 45.2 Å². The highest BCUT2D eigenvalue weighted by atomic mass is 32.2. The molecule has 6 nitrogen and oxygen atoms in total. The van der Waals surface area contributed by atoms with Crippen LogP contribution in [0.4, 0.5) is 5.69 Å². The van der Waals surface area contributed by atoms with E-state index in [0.717, 1.165) is 11.3 Å². The van der Waals surface area contributed by atoms with Gasteiger partial charge in [0.05, 0.1) is 11.4 Å². The Morgan fingerprint density at radius 3 is 2.13 bits per heavy atom. The summed E-state index contributed by atoms with van der Waals surface area (Å²) in [6, 6.07) is 16.7. The first-order valence-electron chi connectivity index (χ1n) is 9.71. The molecule has 0 spiro atoms. The Bertz CT molecular complexity index is 1110. The summed E-state index contributed by atoms with van der Waals surface area (Å²) in [7, 11) is -3.74. The van der Waals surface area contributed by atoms with Crippen molar-refractivity contribution in [1.82, 2.24) is 4.90 Å². The molecule has 1 heterocycles. The van der Waals surface area contributed by atoms with Gasteiger partial charge >= 0.3 is 0 Å². The fourth-order valence-electron chi connectivity index (χ4n) is 3.01. The predicted molar refractivity (Wildman–Crippen MR) is 117 cm³/mol. The lowest BCUT2D eigenvalue weighted by atomic mass is 10.1. The van der Waals surface area contributed by atoms with E-state index < -0.39 is 10.0 Å². The van der Waals surface area contributed by atoms with Crippen molar-refractivity contribution in [3.05, 3.63) is 83.3 Å². The average molecular weight is 427 g/mol. The summed E-state index contributed by atoms with van der Waals surface area (Å²) < 4.78 is 33.4. The molecular formula is C23H26N2O4S. The van der Waals surface area contributed by atoms with Crippen LogP contribution in [0.1, 0.15) is 41.3 Å². The maximum absolute atomic E-state index is 13.0. The zero-order valence-electron chi connectivity index (χ0n) is 17.5. The highest BCUT2D eigenvalue weighted by Crippen LogP contribution is 2.19. The first-order chi connectivity index (χ1) is 14.2. The van der Waals surface area contributed by atoms with Crippen LogP contribution in [-0.2, 0) is 16.6 Å². The molecule has 0 atom stereocenters.